The molecule has 6 nitrogen and oxygen atoms in total. The second-order valence-corrected chi connectivity index (χ2v) is 4.48. The normalized spacial score (nSPS) is 16.0. The van der Waals surface area contributed by atoms with E-state index in [2.05, 4.69) is 25.9 Å². The molecule has 1 aliphatic rings. The Bertz CT molecular complexity index is 677. The summed E-state index contributed by atoms with van der Waals surface area (Å²) in [7, 11) is 0. The van der Waals surface area contributed by atoms with Crippen LogP contribution in [-0.2, 0) is 0 Å². The number of urea groups is 1. The first-order valence-electron chi connectivity index (χ1n) is 6.20. The second kappa shape index (κ2) is 5.31. The number of hydrogen-bond acceptors (Lipinski definition) is 4. The third-order valence-electron chi connectivity index (χ3n) is 3.01. The van der Waals surface area contributed by atoms with Crippen molar-refractivity contribution in [2.75, 3.05) is 17.2 Å². The summed E-state index contributed by atoms with van der Waals surface area (Å²) in [5, 5.41) is 8.11. The van der Waals surface area contributed by atoms with Crippen molar-refractivity contribution in [1.29, 1.82) is 0 Å². The minimum Gasteiger partial charge on any atom is -0.367 e. The average molecular weight is 291 g/mol. The predicted octanol–water partition coefficient (Wildman–Crippen LogP) is 2.04. The molecule has 0 aromatic carbocycles. The van der Waals surface area contributed by atoms with Gasteiger partial charge in [0, 0.05) is 12.1 Å². The van der Waals surface area contributed by atoms with Gasteiger partial charge in [-0.1, -0.05) is 0 Å². The quantitative estimate of drug-likeness (QED) is 0.791. The summed E-state index contributed by atoms with van der Waals surface area (Å²) in [4.78, 5) is 19.5. The Labute approximate surface area is 118 Å². The number of aromatic nitrogens is 2. The van der Waals surface area contributed by atoms with Crippen molar-refractivity contribution in [1.82, 2.24) is 15.3 Å². The van der Waals surface area contributed by atoms with Gasteiger partial charge in [0.2, 0.25) is 0 Å². The zero-order valence-electron chi connectivity index (χ0n) is 10.7. The molecule has 1 atom stereocenters. The van der Waals surface area contributed by atoms with E-state index >= 15 is 0 Å². The maximum Gasteiger partial charge on any atom is 0.320 e. The molecule has 0 fully saturated rings. The SMILES string of the molecule is O=C(Nc1ccc(F)cn1)NC1CNc2ncc(F)cc21. The minimum atomic E-state index is -0.516. The Hall–Kier alpha value is -2.77. The summed E-state index contributed by atoms with van der Waals surface area (Å²) < 4.78 is 25.9. The lowest BCUT2D eigenvalue weighted by atomic mass is 10.1. The lowest BCUT2D eigenvalue weighted by molar-refractivity contribution is 0.249. The molecule has 2 aromatic rings. The standard InChI is InChI=1S/C13H11F2N5O/c14-7-1-2-11(16-4-7)20-13(21)19-10-6-18-12-9(10)3-8(15)5-17-12/h1-5,10H,6H2,(H,17,18)(H2,16,19,20,21). The molecule has 0 bridgehead atoms. The van der Waals surface area contributed by atoms with Crippen molar-refractivity contribution < 1.29 is 13.6 Å². The fourth-order valence-corrected chi connectivity index (χ4v) is 2.07. The van der Waals surface area contributed by atoms with E-state index in [0.29, 0.717) is 17.9 Å². The number of nitrogens with zero attached hydrogens (tertiary/aromatic N) is 2. The first-order chi connectivity index (χ1) is 10.1. The van der Waals surface area contributed by atoms with E-state index < -0.39 is 23.7 Å². The van der Waals surface area contributed by atoms with Gasteiger partial charge in [0.1, 0.15) is 23.3 Å². The van der Waals surface area contributed by atoms with Gasteiger partial charge in [-0.3, -0.25) is 5.32 Å². The maximum absolute atomic E-state index is 13.2. The van der Waals surface area contributed by atoms with E-state index in [1.165, 1.54) is 18.2 Å². The molecule has 2 amide bonds. The topological polar surface area (TPSA) is 78.9 Å². The summed E-state index contributed by atoms with van der Waals surface area (Å²) in [6.45, 7) is 0.413. The first kappa shape index (κ1) is 13.2. The molecule has 2 aromatic heterocycles. The fraction of sp³-hybridized carbons (Fsp3) is 0.154. The molecule has 8 heteroatoms. The van der Waals surface area contributed by atoms with Crippen molar-refractivity contribution in [2.24, 2.45) is 0 Å². The Morgan fingerprint density at radius 3 is 2.81 bits per heavy atom. The minimum absolute atomic E-state index is 0.220. The van der Waals surface area contributed by atoms with E-state index in [1.807, 2.05) is 0 Å². The van der Waals surface area contributed by atoms with E-state index in [4.69, 9.17) is 0 Å². The van der Waals surface area contributed by atoms with E-state index in [0.717, 1.165) is 12.4 Å². The van der Waals surface area contributed by atoms with Gasteiger partial charge in [0.25, 0.3) is 0 Å². The molecule has 108 valence electrons. The molecule has 21 heavy (non-hydrogen) atoms. The molecule has 0 saturated carbocycles. The number of rotatable bonds is 2. The Morgan fingerprint density at radius 1 is 1.24 bits per heavy atom. The van der Waals surface area contributed by atoms with Gasteiger partial charge < -0.3 is 10.6 Å². The summed E-state index contributed by atoms with van der Waals surface area (Å²) >= 11 is 0. The van der Waals surface area contributed by atoms with Crippen LogP contribution in [0.2, 0.25) is 0 Å². The van der Waals surface area contributed by atoms with E-state index in [1.54, 1.807) is 0 Å². The monoisotopic (exact) mass is 291 g/mol. The van der Waals surface area contributed by atoms with Gasteiger partial charge in [-0.2, -0.15) is 0 Å². The highest BCUT2D eigenvalue weighted by molar-refractivity contribution is 5.88. The van der Waals surface area contributed by atoms with Crippen LogP contribution < -0.4 is 16.0 Å². The highest BCUT2D eigenvalue weighted by atomic mass is 19.1. The third-order valence-corrected chi connectivity index (χ3v) is 3.01. The predicted molar refractivity (Wildman–Crippen MR) is 71.8 cm³/mol. The van der Waals surface area contributed by atoms with Crippen LogP contribution in [0.5, 0.6) is 0 Å². The van der Waals surface area contributed by atoms with Crippen molar-refractivity contribution in [3.8, 4) is 0 Å². The number of carbonyl (C=O) groups is 1. The van der Waals surface area contributed by atoms with Crippen LogP contribution in [0.25, 0.3) is 0 Å². The number of anilines is 2. The van der Waals surface area contributed by atoms with Crippen LogP contribution in [-0.4, -0.2) is 22.5 Å². The van der Waals surface area contributed by atoms with Crippen molar-refractivity contribution >= 4 is 17.7 Å². The van der Waals surface area contributed by atoms with Gasteiger partial charge >= 0.3 is 6.03 Å². The highest BCUT2D eigenvalue weighted by Crippen LogP contribution is 2.27. The van der Waals surface area contributed by atoms with Gasteiger partial charge in [-0.05, 0) is 18.2 Å². The molecular formula is C13H11F2N5O. The first-order valence-corrected chi connectivity index (χ1v) is 6.20. The Balaban J connectivity index is 1.67. The Morgan fingerprint density at radius 2 is 2.05 bits per heavy atom. The smallest absolute Gasteiger partial charge is 0.320 e. The molecule has 1 unspecified atom stereocenters. The molecule has 0 aliphatic carbocycles. The lowest BCUT2D eigenvalue weighted by Gasteiger charge is -2.13. The number of halogens is 2. The van der Waals surface area contributed by atoms with Gasteiger partial charge in [0.15, 0.2) is 0 Å². The molecule has 0 saturated heterocycles. The number of pyridine rings is 2. The number of amides is 2. The summed E-state index contributed by atoms with van der Waals surface area (Å²) in [5.74, 6) is -0.194. The zero-order valence-corrected chi connectivity index (χ0v) is 10.7. The summed E-state index contributed by atoms with van der Waals surface area (Å²) in [6, 6.07) is 2.94. The van der Waals surface area contributed by atoms with Crippen LogP contribution in [0, 0.1) is 11.6 Å². The lowest BCUT2D eigenvalue weighted by Crippen LogP contribution is -2.33. The largest absolute Gasteiger partial charge is 0.367 e. The number of fused-ring (bicyclic) bond motifs is 1. The van der Waals surface area contributed by atoms with Crippen LogP contribution in [0.15, 0.2) is 30.6 Å². The van der Waals surface area contributed by atoms with Crippen molar-refractivity contribution in [3.05, 3.63) is 47.8 Å². The molecule has 3 rings (SSSR count). The van der Waals surface area contributed by atoms with Crippen LogP contribution in [0.3, 0.4) is 0 Å². The van der Waals surface area contributed by atoms with E-state index in [-0.39, 0.29) is 5.82 Å². The zero-order chi connectivity index (χ0) is 14.8. The number of nitrogens with one attached hydrogen (secondary N) is 3. The van der Waals surface area contributed by atoms with E-state index in [9.17, 15) is 13.6 Å². The molecule has 3 N–H and O–H groups in total. The van der Waals surface area contributed by atoms with Gasteiger partial charge in [-0.15, -0.1) is 0 Å². The van der Waals surface area contributed by atoms with Crippen LogP contribution in [0.4, 0.5) is 25.2 Å². The molecular weight excluding hydrogens is 280 g/mol. The molecule has 3 heterocycles. The number of hydrogen-bond donors (Lipinski definition) is 3. The van der Waals surface area contributed by atoms with Gasteiger partial charge in [-0.25, -0.2) is 23.5 Å². The van der Waals surface area contributed by atoms with Crippen LogP contribution >= 0.6 is 0 Å². The second-order valence-electron chi connectivity index (χ2n) is 4.48. The third kappa shape index (κ3) is 2.88. The Kier molecular flexibility index (Phi) is 3.35. The highest BCUT2D eigenvalue weighted by Gasteiger charge is 2.25. The van der Waals surface area contributed by atoms with Crippen molar-refractivity contribution in [3.63, 3.8) is 0 Å². The maximum atomic E-state index is 13.2. The van der Waals surface area contributed by atoms with Crippen LogP contribution in [0.1, 0.15) is 11.6 Å². The molecule has 0 spiro atoms. The number of carbonyl (C=O) groups excluding carboxylic acids is 1. The average Bonchev–Trinajstić information content (AvgIpc) is 2.84. The van der Waals surface area contributed by atoms with Gasteiger partial charge in [0.05, 0.1) is 18.4 Å². The fourth-order valence-electron chi connectivity index (χ4n) is 2.07. The summed E-state index contributed by atoms with van der Waals surface area (Å²) in [6.07, 6.45) is 2.11. The molecule has 0 radical (unpaired) electrons. The molecule has 1 aliphatic heterocycles. The van der Waals surface area contributed by atoms with Crippen molar-refractivity contribution in [2.45, 2.75) is 6.04 Å². The summed E-state index contributed by atoms with van der Waals surface area (Å²) in [5.41, 5.74) is 0.581.